The van der Waals surface area contributed by atoms with Crippen LogP contribution in [0, 0.1) is 0 Å². The highest BCUT2D eigenvalue weighted by Crippen LogP contribution is 2.12. The normalized spacial score (nSPS) is 11.7. The molecule has 0 N–H and O–H groups in total. The number of rotatable bonds is 10. The minimum absolute atomic E-state index is 0.651. The summed E-state index contributed by atoms with van der Waals surface area (Å²) in [4.78, 5) is 0. The summed E-state index contributed by atoms with van der Waals surface area (Å²) in [5, 5.41) is 0. The van der Waals surface area contributed by atoms with Crippen LogP contribution in [0.1, 0.15) is 12.5 Å². The summed E-state index contributed by atoms with van der Waals surface area (Å²) in [5.41, 5.74) is 1.36. The molecule has 0 heterocycles. The molecule has 1 rings (SSSR count). The molecule has 0 aliphatic carbocycles. The summed E-state index contributed by atoms with van der Waals surface area (Å²) in [7, 11) is -1.63. The largest absolute Gasteiger partial charge is 0.415 e. The lowest BCUT2D eigenvalue weighted by atomic mass is 10.2. The van der Waals surface area contributed by atoms with Crippen molar-refractivity contribution in [2.75, 3.05) is 33.0 Å². The Morgan fingerprint density at radius 3 is 2.21 bits per heavy atom. The van der Waals surface area contributed by atoms with Gasteiger partial charge in [0.25, 0.3) is 0 Å². The van der Waals surface area contributed by atoms with Gasteiger partial charge in [-0.2, -0.15) is 0 Å². The molecule has 19 heavy (non-hydrogen) atoms. The monoisotopic (exact) mass is 282 g/mol. The van der Waals surface area contributed by atoms with E-state index in [0.717, 1.165) is 12.7 Å². The van der Waals surface area contributed by atoms with E-state index < -0.39 is 8.32 Å². The first-order chi connectivity index (χ1) is 9.14. The van der Waals surface area contributed by atoms with Crippen molar-refractivity contribution >= 4 is 8.32 Å². The number of ether oxygens (including phenoxy) is 2. The van der Waals surface area contributed by atoms with Gasteiger partial charge in [0.1, 0.15) is 0 Å². The lowest BCUT2D eigenvalue weighted by Crippen LogP contribution is -2.35. The van der Waals surface area contributed by atoms with E-state index in [0.29, 0.717) is 26.4 Å². The van der Waals surface area contributed by atoms with Gasteiger partial charge < -0.3 is 13.9 Å². The van der Waals surface area contributed by atoms with Crippen LogP contribution < -0.4 is 0 Å². The van der Waals surface area contributed by atoms with Crippen LogP contribution in [-0.4, -0.2) is 41.4 Å². The van der Waals surface area contributed by atoms with E-state index in [1.165, 1.54) is 5.56 Å². The molecule has 0 unspecified atom stereocenters. The van der Waals surface area contributed by atoms with Crippen molar-refractivity contribution in [2.24, 2.45) is 0 Å². The molecule has 0 spiro atoms. The molecule has 0 aliphatic heterocycles. The molecule has 1 aromatic carbocycles. The topological polar surface area (TPSA) is 27.7 Å². The third-order valence-electron chi connectivity index (χ3n) is 2.77. The lowest BCUT2D eigenvalue weighted by molar-refractivity contribution is 0.0393. The average Bonchev–Trinajstić information content (AvgIpc) is 2.38. The second-order valence-electron chi connectivity index (χ2n) is 5.08. The van der Waals surface area contributed by atoms with Crippen LogP contribution in [0.2, 0.25) is 13.1 Å². The van der Waals surface area contributed by atoms with Crippen LogP contribution >= 0.6 is 0 Å². The number of hydrogen-bond donors (Lipinski definition) is 0. The minimum atomic E-state index is -1.63. The molecule has 0 saturated carbocycles. The van der Waals surface area contributed by atoms with E-state index in [-0.39, 0.29) is 0 Å². The maximum absolute atomic E-state index is 6.01. The van der Waals surface area contributed by atoms with E-state index in [2.05, 4.69) is 37.4 Å². The molecule has 1 aromatic rings. The van der Waals surface area contributed by atoms with Crippen molar-refractivity contribution in [1.82, 2.24) is 0 Å². The summed E-state index contributed by atoms with van der Waals surface area (Å²) in [6, 6.07) is 11.6. The molecule has 0 radical (unpaired) electrons. The van der Waals surface area contributed by atoms with Crippen LogP contribution in [0.4, 0.5) is 0 Å². The van der Waals surface area contributed by atoms with Crippen LogP contribution in [0.25, 0.3) is 0 Å². The van der Waals surface area contributed by atoms with Gasteiger partial charge in [0.05, 0.1) is 26.4 Å². The minimum Gasteiger partial charge on any atom is -0.415 e. The predicted molar refractivity (Wildman–Crippen MR) is 80.9 cm³/mol. The molecule has 0 amide bonds. The number of hydrogen-bond acceptors (Lipinski definition) is 3. The Labute approximate surface area is 118 Å². The highest BCUT2D eigenvalue weighted by atomic mass is 28.4. The highest BCUT2D eigenvalue weighted by molar-refractivity contribution is 6.70. The maximum atomic E-state index is 6.01. The molecule has 0 bridgehead atoms. The van der Waals surface area contributed by atoms with E-state index >= 15 is 0 Å². The van der Waals surface area contributed by atoms with Crippen molar-refractivity contribution in [2.45, 2.75) is 26.1 Å². The van der Waals surface area contributed by atoms with Gasteiger partial charge in [-0.05, 0) is 31.6 Å². The summed E-state index contributed by atoms with van der Waals surface area (Å²) in [5.74, 6) is 0. The van der Waals surface area contributed by atoms with Crippen molar-refractivity contribution in [3.05, 3.63) is 35.9 Å². The van der Waals surface area contributed by atoms with E-state index in [1.54, 1.807) is 0 Å². The third-order valence-corrected chi connectivity index (χ3v) is 5.01. The van der Waals surface area contributed by atoms with Gasteiger partial charge in [0, 0.05) is 6.61 Å². The molecule has 4 heteroatoms. The summed E-state index contributed by atoms with van der Waals surface area (Å²) in [6.07, 6.45) is 0. The smallest absolute Gasteiger partial charge is 0.191 e. The zero-order valence-electron chi connectivity index (χ0n) is 12.4. The predicted octanol–water partition coefficient (Wildman–Crippen LogP) is 3.04. The number of benzene rings is 1. The summed E-state index contributed by atoms with van der Waals surface area (Å²) in [6.45, 7) is 9.88. The molecule has 108 valence electrons. The first-order valence-corrected chi connectivity index (χ1v) is 10.1. The summed E-state index contributed by atoms with van der Waals surface area (Å²) < 4.78 is 16.7. The fourth-order valence-electron chi connectivity index (χ4n) is 1.88. The summed E-state index contributed by atoms with van der Waals surface area (Å²) >= 11 is 0. The van der Waals surface area contributed by atoms with Crippen LogP contribution in [0.5, 0.6) is 0 Å². The van der Waals surface area contributed by atoms with E-state index in [1.807, 2.05) is 13.0 Å². The van der Waals surface area contributed by atoms with Gasteiger partial charge >= 0.3 is 0 Å². The van der Waals surface area contributed by atoms with Gasteiger partial charge in [-0.1, -0.05) is 30.3 Å². The van der Waals surface area contributed by atoms with Gasteiger partial charge in [0.15, 0.2) is 8.32 Å². The molecule has 0 fully saturated rings. The first-order valence-electron chi connectivity index (χ1n) is 6.97. The van der Waals surface area contributed by atoms with Gasteiger partial charge in [0.2, 0.25) is 0 Å². The van der Waals surface area contributed by atoms with Crippen LogP contribution in [0.15, 0.2) is 30.3 Å². The fourth-order valence-corrected chi connectivity index (χ4v) is 3.84. The Balaban J connectivity index is 2.13. The van der Waals surface area contributed by atoms with E-state index in [4.69, 9.17) is 13.9 Å². The second kappa shape index (κ2) is 9.26. The third kappa shape index (κ3) is 8.16. The van der Waals surface area contributed by atoms with E-state index in [9.17, 15) is 0 Å². The lowest BCUT2D eigenvalue weighted by Gasteiger charge is -2.23. The van der Waals surface area contributed by atoms with Gasteiger partial charge in [-0.25, -0.2) is 0 Å². The quantitative estimate of drug-likeness (QED) is 0.488. The Kier molecular flexibility index (Phi) is 7.98. The van der Waals surface area contributed by atoms with Crippen LogP contribution in [0.3, 0.4) is 0 Å². The first kappa shape index (κ1) is 16.4. The molecule has 0 atom stereocenters. The molecular formula is C15H26O3Si. The Bertz CT molecular complexity index is 327. The average molecular weight is 282 g/mol. The van der Waals surface area contributed by atoms with Crippen molar-refractivity contribution in [1.29, 1.82) is 0 Å². The molecule has 3 nitrogen and oxygen atoms in total. The Hall–Kier alpha value is -0.683. The Morgan fingerprint density at radius 1 is 0.895 bits per heavy atom. The molecule has 0 aliphatic rings. The van der Waals surface area contributed by atoms with Crippen molar-refractivity contribution in [3.63, 3.8) is 0 Å². The van der Waals surface area contributed by atoms with Gasteiger partial charge in [-0.15, -0.1) is 0 Å². The zero-order chi connectivity index (χ0) is 14.0. The molecular weight excluding hydrogens is 256 g/mol. The van der Waals surface area contributed by atoms with Crippen molar-refractivity contribution < 1.29 is 13.9 Å². The Morgan fingerprint density at radius 2 is 1.53 bits per heavy atom. The maximum Gasteiger partial charge on any atom is 0.191 e. The SMILES string of the molecule is CCOCCOCCO[Si](C)(C)Cc1ccccc1. The molecule has 0 aromatic heterocycles. The second-order valence-corrected chi connectivity index (χ2v) is 9.24. The molecule has 0 saturated heterocycles. The zero-order valence-corrected chi connectivity index (χ0v) is 13.4. The standard InChI is InChI=1S/C15H26O3Si/c1-4-16-10-11-17-12-13-18-19(2,3)14-15-8-6-5-7-9-15/h5-9H,4,10-14H2,1-3H3. The fraction of sp³-hybridized carbons (Fsp3) is 0.600. The van der Waals surface area contributed by atoms with Crippen LogP contribution in [-0.2, 0) is 19.9 Å². The van der Waals surface area contributed by atoms with Crippen molar-refractivity contribution in [3.8, 4) is 0 Å². The highest BCUT2D eigenvalue weighted by Gasteiger charge is 2.22. The van der Waals surface area contributed by atoms with Gasteiger partial charge in [-0.3, -0.25) is 0 Å².